The van der Waals surface area contributed by atoms with E-state index >= 15 is 0 Å². The highest BCUT2D eigenvalue weighted by molar-refractivity contribution is 9.10. The Morgan fingerprint density at radius 1 is 1.10 bits per heavy atom. The third-order valence-electron chi connectivity index (χ3n) is 3.62. The minimum absolute atomic E-state index is 0.159. The molecule has 0 aromatic heterocycles. The smallest absolute Gasteiger partial charge is 0.338 e. The highest BCUT2D eigenvalue weighted by Gasteiger charge is 2.18. The van der Waals surface area contributed by atoms with E-state index in [2.05, 4.69) is 21.2 Å². The summed E-state index contributed by atoms with van der Waals surface area (Å²) in [7, 11) is 1.45. The van der Waals surface area contributed by atoms with Crippen molar-refractivity contribution in [3.63, 3.8) is 0 Å². The summed E-state index contributed by atoms with van der Waals surface area (Å²) in [6.45, 7) is 1.80. The molecule has 2 rings (SSSR count). The largest absolute Gasteiger partial charge is 0.493 e. The first kappa shape index (κ1) is 22.2. The average Bonchev–Trinajstić information content (AvgIpc) is 2.71. The number of carbonyl (C=O) groups is 3. The first-order chi connectivity index (χ1) is 13.9. The number of methoxy groups -OCH3 is 1. The molecule has 0 bridgehead atoms. The maximum absolute atomic E-state index is 12.3. The van der Waals surface area contributed by atoms with Crippen molar-refractivity contribution >= 4 is 33.8 Å². The van der Waals surface area contributed by atoms with E-state index in [1.807, 2.05) is 35.6 Å². The molecule has 29 heavy (non-hydrogen) atoms. The highest BCUT2D eigenvalue weighted by Crippen LogP contribution is 2.37. The van der Waals surface area contributed by atoms with Crippen molar-refractivity contribution in [3.8, 4) is 11.5 Å². The fraction of sp³-hybridized carbons (Fsp3) is 0.250. The van der Waals surface area contributed by atoms with Crippen LogP contribution in [-0.2, 0) is 16.1 Å². The molecule has 0 aliphatic heterocycles. The molecular formula is C20H21BrN2O6. The van der Waals surface area contributed by atoms with Crippen molar-refractivity contribution in [2.75, 3.05) is 20.3 Å². The lowest BCUT2D eigenvalue weighted by Crippen LogP contribution is -2.41. The molecule has 0 spiro atoms. The monoisotopic (exact) mass is 464 g/mol. The summed E-state index contributed by atoms with van der Waals surface area (Å²) in [5, 5.41) is 4.44. The number of esters is 1. The van der Waals surface area contributed by atoms with Crippen molar-refractivity contribution in [1.29, 1.82) is 0 Å². The van der Waals surface area contributed by atoms with Gasteiger partial charge in [-0.3, -0.25) is 10.1 Å². The van der Waals surface area contributed by atoms with E-state index in [1.54, 1.807) is 6.92 Å². The van der Waals surface area contributed by atoms with Gasteiger partial charge >= 0.3 is 12.0 Å². The maximum Gasteiger partial charge on any atom is 0.338 e. The summed E-state index contributed by atoms with van der Waals surface area (Å²) >= 11 is 3.37. The Morgan fingerprint density at radius 2 is 1.83 bits per heavy atom. The molecule has 0 saturated heterocycles. The fourth-order valence-electron chi connectivity index (χ4n) is 2.29. The van der Waals surface area contributed by atoms with Crippen molar-refractivity contribution in [3.05, 3.63) is 58.1 Å². The molecule has 2 aromatic rings. The van der Waals surface area contributed by atoms with Crippen molar-refractivity contribution in [2.45, 2.75) is 13.5 Å². The standard InChI is InChI=1S/C20H21BrN2O6/c1-3-22-20(26)23-17(24)12-29-19(25)14-9-15(21)18(16(10-14)27-2)28-11-13-7-5-4-6-8-13/h4-10H,3,11-12H2,1-2H3,(H2,22,23,24,26). The summed E-state index contributed by atoms with van der Waals surface area (Å²) in [4.78, 5) is 35.2. The predicted octanol–water partition coefficient (Wildman–Crippen LogP) is 3.04. The van der Waals surface area contributed by atoms with Gasteiger partial charge in [-0.1, -0.05) is 30.3 Å². The van der Waals surface area contributed by atoms with Crippen LogP contribution in [0.1, 0.15) is 22.8 Å². The van der Waals surface area contributed by atoms with Crippen LogP contribution in [-0.4, -0.2) is 38.2 Å². The van der Waals surface area contributed by atoms with E-state index in [9.17, 15) is 14.4 Å². The van der Waals surface area contributed by atoms with Crippen LogP contribution in [0.25, 0.3) is 0 Å². The van der Waals surface area contributed by atoms with Gasteiger partial charge in [0.2, 0.25) is 0 Å². The first-order valence-electron chi connectivity index (χ1n) is 8.73. The minimum Gasteiger partial charge on any atom is -0.493 e. The van der Waals surface area contributed by atoms with Gasteiger partial charge in [0, 0.05) is 6.54 Å². The topological polar surface area (TPSA) is 103 Å². The Hall–Kier alpha value is -3.07. The second-order valence-electron chi connectivity index (χ2n) is 5.75. The quantitative estimate of drug-likeness (QED) is 0.581. The van der Waals surface area contributed by atoms with Crippen molar-refractivity contribution in [2.24, 2.45) is 0 Å². The number of benzene rings is 2. The van der Waals surface area contributed by atoms with E-state index in [1.165, 1.54) is 19.2 Å². The van der Waals surface area contributed by atoms with Crippen LogP contribution in [0.4, 0.5) is 4.79 Å². The van der Waals surface area contributed by atoms with Gasteiger partial charge in [-0.2, -0.15) is 0 Å². The molecule has 2 aromatic carbocycles. The third kappa shape index (κ3) is 6.79. The van der Waals surface area contributed by atoms with Gasteiger partial charge in [-0.25, -0.2) is 9.59 Å². The molecule has 9 heteroatoms. The SMILES string of the molecule is CCNC(=O)NC(=O)COC(=O)c1cc(Br)c(OCc2ccccc2)c(OC)c1. The maximum atomic E-state index is 12.3. The molecule has 3 amide bonds. The number of hydrogen-bond acceptors (Lipinski definition) is 6. The third-order valence-corrected chi connectivity index (χ3v) is 4.20. The zero-order valence-electron chi connectivity index (χ0n) is 16.0. The number of carbonyl (C=O) groups excluding carboxylic acids is 3. The van der Waals surface area contributed by atoms with Crippen LogP contribution in [0, 0.1) is 0 Å². The molecule has 0 saturated carbocycles. The van der Waals surface area contributed by atoms with Gasteiger partial charge < -0.3 is 19.5 Å². The Morgan fingerprint density at radius 3 is 2.48 bits per heavy atom. The number of imide groups is 1. The predicted molar refractivity (Wildman–Crippen MR) is 109 cm³/mol. The Bertz CT molecular complexity index is 873. The Balaban J connectivity index is 2.02. The van der Waals surface area contributed by atoms with Crippen molar-refractivity contribution < 1.29 is 28.6 Å². The first-order valence-corrected chi connectivity index (χ1v) is 9.53. The molecule has 0 atom stereocenters. The fourth-order valence-corrected chi connectivity index (χ4v) is 2.85. The second kappa shape index (κ2) is 11.1. The van der Waals surface area contributed by atoms with Gasteiger partial charge in [-0.05, 0) is 40.5 Å². The van der Waals surface area contributed by atoms with Crippen LogP contribution in [0.3, 0.4) is 0 Å². The molecule has 154 valence electrons. The zero-order valence-corrected chi connectivity index (χ0v) is 17.6. The Labute approximate surface area is 176 Å². The average molecular weight is 465 g/mol. The van der Waals surface area contributed by atoms with Crippen molar-refractivity contribution in [1.82, 2.24) is 10.6 Å². The van der Waals surface area contributed by atoms with Gasteiger partial charge in [0.25, 0.3) is 5.91 Å². The number of amides is 3. The van der Waals surface area contributed by atoms with Gasteiger partial charge in [0.15, 0.2) is 18.1 Å². The number of ether oxygens (including phenoxy) is 3. The van der Waals surface area contributed by atoms with Gasteiger partial charge in [0.1, 0.15) is 6.61 Å². The van der Waals surface area contributed by atoms with E-state index in [0.29, 0.717) is 29.1 Å². The molecule has 8 nitrogen and oxygen atoms in total. The molecular weight excluding hydrogens is 444 g/mol. The zero-order chi connectivity index (χ0) is 21.2. The number of urea groups is 1. The summed E-state index contributed by atoms with van der Waals surface area (Å²) in [5.74, 6) is -0.723. The normalized spacial score (nSPS) is 10.0. The van der Waals surface area contributed by atoms with E-state index in [0.717, 1.165) is 5.56 Å². The molecule has 0 radical (unpaired) electrons. The lowest BCUT2D eigenvalue weighted by atomic mass is 10.2. The second-order valence-corrected chi connectivity index (χ2v) is 6.60. The number of halogens is 1. The van der Waals surface area contributed by atoms with E-state index < -0.39 is 24.5 Å². The molecule has 0 unspecified atom stereocenters. The van der Waals surface area contributed by atoms with Gasteiger partial charge in [-0.15, -0.1) is 0 Å². The highest BCUT2D eigenvalue weighted by atomic mass is 79.9. The number of nitrogens with one attached hydrogen (secondary N) is 2. The molecule has 2 N–H and O–H groups in total. The molecule has 0 fully saturated rings. The lowest BCUT2D eigenvalue weighted by Gasteiger charge is -2.14. The lowest BCUT2D eigenvalue weighted by molar-refractivity contribution is -0.123. The minimum atomic E-state index is -0.746. The van der Waals surface area contributed by atoms with Crippen LogP contribution >= 0.6 is 15.9 Å². The van der Waals surface area contributed by atoms with E-state index in [-0.39, 0.29) is 5.56 Å². The Kier molecular flexibility index (Phi) is 8.47. The van der Waals surface area contributed by atoms with Crippen LogP contribution in [0.5, 0.6) is 11.5 Å². The molecule has 0 heterocycles. The van der Waals surface area contributed by atoms with E-state index in [4.69, 9.17) is 14.2 Å². The molecule has 0 aliphatic rings. The summed E-state index contributed by atoms with van der Waals surface area (Å²) < 4.78 is 16.6. The summed E-state index contributed by atoms with van der Waals surface area (Å²) in [5.41, 5.74) is 1.13. The number of hydrogen-bond donors (Lipinski definition) is 2. The van der Waals surface area contributed by atoms with Crippen LogP contribution in [0.15, 0.2) is 46.9 Å². The van der Waals surface area contributed by atoms with Crippen LogP contribution < -0.4 is 20.1 Å². The van der Waals surface area contributed by atoms with Crippen LogP contribution in [0.2, 0.25) is 0 Å². The number of rotatable bonds is 8. The summed E-state index contributed by atoms with van der Waals surface area (Å²) in [6.07, 6.45) is 0. The van der Waals surface area contributed by atoms with Gasteiger partial charge in [0.05, 0.1) is 17.1 Å². The summed E-state index contributed by atoms with van der Waals surface area (Å²) in [6, 6.07) is 11.9. The molecule has 0 aliphatic carbocycles.